The van der Waals surface area contributed by atoms with Crippen molar-refractivity contribution in [2.75, 3.05) is 10.1 Å². The van der Waals surface area contributed by atoms with E-state index in [1.807, 2.05) is 19.9 Å². The van der Waals surface area contributed by atoms with E-state index in [4.69, 9.17) is 0 Å². The number of benzene rings is 1. The molecule has 1 atom stereocenters. The summed E-state index contributed by atoms with van der Waals surface area (Å²) >= 11 is 0. The average molecular weight is 253 g/mol. The minimum atomic E-state index is -3.48. The maximum absolute atomic E-state index is 11.9. The first-order valence-electron chi connectivity index (χ1n) is 5.47. The summed E-state index contributed by atoms with van der Waals surface area (Å²) in [4.78, 5) is 11.9. The molecule has 2 rings (SSSR count). The number of sulfonamides is 1. The number of carbonyl (C=O) groups excluding carboxylic acids is 1. The van der Waals surface area contributed by atoms with E-state index >= 15 is 0 Å². The molecule has 0 aliphatic carbocycles. The van der Waals surface area contributed by atoms with Gasteiger partial charge >= 0.3 is 0 Å². The van der Waals surface area contributed by atoms with Gasteiger partial charge in [0.2, 0.25) is 15.9 Å². The van der Waals surface area contributed by atoms with Crippen LogP contribution >= 0.6 is 0 Å². The highest BCUT2D eigenvalue weighted by molar-refractivity contribution is 7.94. The van der Waals surface area contributed by atoms with E-state index in [0.29, 0.717) is 5.69 Å². The molecule has 0 aromatic heterocycles. The van der Waals surface area contributed by atoms with E-state index in [0.717, 1.165) is 15.4 Å². The van der Waals surface area contributed by atoms with Crippen molar-refractivity contribution < 1.29 is 13.2 Å². The Labute approximate surface area is 101 Å². The predicted octanol–water partition coefficient (Wildman–Crippen LogP) is 1.62. The van der Waals surface area contributed by atoms with Crippen LogP contribution in [-0.2, 0) is 14.8 Å². The highest BCUT2D eigenvalue weighted by Gasteiger charge is 2.41. The minimum absolute atomic E-state index is 0.0985. The van der Waals surface area contributed by atoms with Crippen molar-refractivity contribution in [3.05, 3.63) is 29.3 Å². The summed E-state index contributed by atoms with van der Waals surface area (Å²) < 4.78 is 24.7. The van der Waals surface area contributed by atoms with E-state index < -0.39 is 15.9 Å². The fourth-order valence-electron chi connectivity index (χ4n) is 1.94. The van der Waals surface area contributed by atoms with Crippen LogP contribution < -0.4 is 4.31 Å². The van der Waals surface area contributed by atoms with Crippen LogP contribution in [0.15, 0.2) is 18.2 Å². The highest BCUT2D eigenvalue weighted by Crippen LogP contribution is 2.29. The molecular formula is C12H15NO3S. The van der Waals surface area contributed by atoms with Crippen LogP contribution in [0.1, 0.15) is 18.1 Å². The van der Waals surface area contributed by atoms with Crippen molar-refractivity contribution in [3.63, 3.8) is 0 Å². The lowest BCUT2D eigenvalue weighted by atomic mass is 10.1. The molecule has 1 aromatic rings. The van der Waals surface area contributed by atoms with Gasteiger partial charge in [0.1, 0.15) is 0 Å². The Kier molecular flexibility index (Phi) is 2.73. The first-order chi connectivity index (χ1) is 7.83. The van der Waals surface area contributed by atoms with Gasteiger partial charge in [0.25, 0.3) is 0 Å². The minimum Gasteiger partial charge on any atom is -0.273 e. The van der Waals surface area contributed by atoms with Crippen molar-refractivity contribution in [1.29, 1.82) is 0 Å². The van der Waals surface area contributed by atoms with Crippen LogP contribution in [0.3, 0.4) is 0 Å². The molecule has 1 saturated heterocycles. The number of carbonyl (C=O) groups is 1. The molecule has 1 heterocycles. The molecule has 92 valence electrons. The third kappa shape index (κ3) is 1.95. The molecular weight excluding hydrogens is 238 g/mol. The number of rotatable bonds is 1. The summed E-state index contributed by atoms with van der Waals surface area (Å²) in [6.45, 7) is 5.48. The summed E-state index contributed by atoms with van der Waals surface area (Å²) in [6.07, 6.45) is 0. The molecule has 0 bridgehead atoms. The van der Waals surface area contributed by atoms with Crippen LogP contribution in [-0.4, -0.2) is 20.1 Å². The number of anilines is 1. The first-order valence-corrected chi connectivity index (χ1v) is 7.08. The van der Waals surface area contributed by atoms with Crippen LogP contribution in [0.4, 0.5) is 5.69 Å². The monoisotopic (exact) mass is 253 g/mol. The lowest BCUT2D eigenvalue weighted by molar-refractivity contribution is -0.119. The third-order valence-electron chi connectivity index (χ3n) is 3.09. The van der Waals surface area contributed by atoms with Crippen molar-refractivity contribution >= 4 is 21.6 Å². The Morgan fingerprint density at radius 1 is 1.24 bits per heavy atom. The van der Waals surface area contributed by atoms with Crippen LogP contribution in [0, 0.1) is 19.8 Å². The van der Waals surface area contributed by atoms with Crippen LogP contribution in [0.5, 0.6) is 0 Å². The number of hydrogen-bond acceptors (Lipinski definition) is 3. The Hall–Kier alpha value is -1.36. The molecule has 1 fully saturated rings. The van der Waals surface area contributed by atoms with E-state index in [1.165, 1.54) is 0 Å². The normalized spacial score (nSPS) is 23.1. The second-order valence-corrected chi connectivity index (χ2v) is 6.41. The summed E-state index contributed by atoms with van der Waals surface area (Å²) in [5.41, 5.74) is 2.50. The van der Waals surface area contributed by atoms with Gasteiger partial charge in [0.05, 0.1) is 17.4 Å². The molecule has 5 heteroatoms. The smallest absolute Gasteiger partial charge is 0.244 e. The summed E-state index contributed by atoms with van der Waals surface area (Å²) in [5.74, 6) is -0.895. The van der Waals surface area contributed by atoms with Crippen molar-refractivity contribution in [3.8, 4) is 0 Å². The molecule has 17 heavy (non-hydrogen) atoms. The lowest BCUT2D eigenvalue weighted by Crippen LogP contribution is -2.30. The molecule has 1 aliphatic rings. The van der Waals surface area contributed by atoms with Crippen LogP contribution in [0.2, 0.25) is 0 Å². The summed E-state index contributed by atoms with van der Waals surface area (Å²) in [5, 5.41) is 0. The first kappa shape index (κ1) is 12.1. The van der Waals surface area contributed by atoms with Crippen molar-refractivity contribution in [2.45, 2.75) is 20.8 Å². The molecule has 0 spiro atoms. The summed E-state index contributed by atoms with van der Waals surface area (Å²) in [6, 6.07) is 5.25. The molecule has 0 radical (unpaired) electrons. The van der Waals surface area contributed by atoms with Gasteiger partial charge in [-0.25, -0.2) is 12.7 Å². The number of nitrogens with zero attached hydrogens (tertiary/aromatic N) is 1. The van der Waals surface area contributed by atoms with Gasteiger partial charge in [-0.1, -0.05) is 13.0 Å². The van der Waals surface area contributed by atoms with Crippen molar-refractivity contribution in [2.24, 2.45) is 5.92 Å². The van der Waals surface area contributed by atoms with Gasteiger partial charge in [0, 0.05) is 0 Å². The van der Waals surface area contributed by atoms with Crippen molar-refractivity contribution in [1.82, 2.24) is 0 Å². The van der Waals surface area contributed by atoms with E-state index in [1.54, 1.807) is 19.1 Å². The van der Waals surface area contributed by atoms with Gasteiger partial charge in [-0.15, -0.1) is 0 Å². The average Bonchev–Trinajstić information content (AvgIpc) is 2.41. The topological polar surface area (TPSA) is 54.5 Å². The Morgan fingerprint density at radius 3 is 2.35 bits per heavy atom. The second kappa shape index (κ2) is 3.84. The Balaban J connectivity index is 2.53. The van der Waals surface area contributed by atoms with E-state index in [2.05, 4.69) is 0 Å². The largest absolute Gasteiger partial charge is 0.273 e. The Morgan fingerprint density at radius 2 is 1.88 bits per heavy atom. The predicted molar refractivity (Wildman–Crippen MR) is 66.4 cm³/mol. The fourth-order valence-corrected chi connectivity index (χ4v) is 3.75. The van der Waals surface area contributed by atoms with Gasteiger partial charge in [0.15, 0.2) is 0 Å². The van der Waals surface area contributed by atoms with Gasteiger partial charge in [-0.3, -0.25) is 4.79 Å². The molecule has 1 aliphatic heterocycles. The molecule has 0 N–H and O–H groups in total. The quantitative estimate of drug-likeness (QED) is 0.764. The third-order valence-corrected chi connectivity index (χ3v) is 4.95. The maximum Gasteiger partial charge on any atom is 0.244 e. The fraction of sp³-hybridized carbons (Fsp3) is 0.417. The van der Waals surface area contributed by atoms with Crippen LogP contribution in [0.25, 0.3) is 0 Å². The SMILES string of the molecule is Cc1ccc(N2C(=O)C(C)CS2(=O)=O)cc1C. The zero-order valence-electron chi connectivity index (χ0n) is 10.1. The van der Waals surface area contributed by atoms with Gasteiger partial charge in [-0.05, 0) is 37.1 Å². The number of hydrogen-bond donors (Lipinski definition) is 0. The molecule has 0 saturated carbocycles. The molecule has 4 nitrogen and oxygen atoms in total. The zero-order chi connectivity index (χ0) is 12.8. The van der Waals surface area contributed by atoms with Gasteiger partial charge < -0.3 is 0 Å². The summed E-state index contributed by atoms with van der Waals surface area (Å²) in [7, 11) is -3.48. The van der Waals surface area contributed by atoms with Gasteiger partial charge in [-0.2, -0.15) is 0 Å². The molecule has 1 unspecified atom stereocenters. The number of aryl methyl sites for hydroxylation is 2. The maximum atomic E-state index is 11.9. The van der Waals surface area contributed by atoms with E-state index in [-0.39, 0.29) is 11.7 Å². The zero-order valence-corrected chi connectivity index (χ0v) is 10.9. The second-order valence-electron chi connectivity index (χ2n) is 4.55. The standard InChI is InChI=1S/C12H15NO3S/c1-8-4-5-11(6-9(8)2)13-12(14)10(3)7-17(13,15)16/h4-6,10H,7H2,1-3H3. The Bertz CT molecular complexity index is 577. The highest BCUT2D eigenvalue weighted by atomic mass is 32.2. The lowest BCUT2D eigenvalue weighted by Gasteiger charge is -2.16. The molecule has 1 aromatic carbocycles. The molecule has 1 amide bonds. The number of amides is 1. The van der Waals surface area contributed by atoms with E-state index in [9.17, 15) is 13.2 Å².